The Morgan fingerprint density at radius 1 is 0.651 bits per heavy atom. The van der Waals surface area contributed by atoms with Crippen LogP contribution in [0.4, 0.5) is 11.4 Å². The lowest BCUT2D eigenvalue weighted by Gasteiger charge is -2.38. The average molecular weight is 861 g/mol. The lowest BCUT2D eigenvalue weighted by molar-refractivity contribution is -0.253. The van der Waals surface area contributed by atoms with E-state index in [0.29, 0.717) is 37.2 Å². The van der Waals surface area contributed by atoms with E-state index < -0.39 is 6.29 Å². The highest BCUT2D eigenvalue weighted by Crippen LogP contribution is 2.39. The van der Waals surface area contributed by atoms with Crippen LogP contribution in [-0.2, 0) is 32.2 Å². The van der Waals surface area contributed by atoms with Crippen molar-refractivity contribution in [3.05, 3.63) is 119 Å². The first-order valence-electron chi connectivity index (χ1n) is 24.2. The van der Waals surface area contributed by atoms with Gasteiger partial charge in [-0.2, -0.15) is 0 Å². The Labute approximate surface area is 378 Å². The molecule has 9 heteroatoms. The van der Waals surface area contributed by atoms with Crippen molar-refractivity contribution in [3.63, 3.8) is 0 Å². The molecule has 1 aliphatic rings. The van der Waals surface area contributed by atoms with Gasteiger partial charge in [0.05, 0.1) is 30.2 Å². The molecule has 0 saturated carbocycles. The molecule has 1 heterocycles. The van der Waals surface area contributed by atoms with Crippen LogP contribution in [0, 0.1) is 0 Å². The largest absolute Gasteiger partial charge is 0.397 e. The Morgan fingerprint density at radius 2 is 1.27 bits per heavy atom. The number of ether oxygens (including phenoxy) is 2. The Hall–Kier alpha value is -4.54. The summed E-state index contributed by atoms with van der Waals surface area (Å²) in [6.45, 7) is 8.08. The minimum absolute atomic E-state index is 0.000973. The summed E-state index contributed by atoms with van der Waals surface area (Å²) in [6.07, 6.45) is 18.6. The van der Waals surface area contributed by atoms with Gasteiger partial charge in [-0.25, -0.2) is 0 Å². The number of unbranched alkanes of at least 4 members (excludes halogenated alkanes) is 12. The second kappa shape index (κ2) is 28.3. The number of anilines is 2. The van der Waals surface area contributed by atoms with Crippen molar-refractivity contribution in [2.75, 3.05) is 30.7 Å². The maximum Gasteiger partial charge on any atom is 0.224 e. The van der Waals surface area contributed by atoms with Gasteiger partial charge in [0.2, 0.25) is 11.8 Å². The minimum Gasteiger partial charge on any atom is -0.397 e. The number of nitrogen functional groups attached to an aromatic ring is 1. The van der Waals surface area contributed by atoms with E-state index >= 15 is 0 Å². The van der Waals surface area contributed by atoms with Crippen molar-refractivity contribution in [3.8, 4) is 11.1 Å². The number of aliphatic hydroxyl groups excluding tert-OH is 1. The molecule has 0 spiro atoms. The SMILES string of the molecule is CCCCCCCCN(CCCCCCCC)CC1CC(c2ccc(CO)cc2)OC(c2cccc(-c3cccc(CNC(=O)CCCCCC(=O)Nc4ccccc4N)c3)c2)O1. The van der Waals surface area contributed by atoms with Crippen LogP contribution in [0.15, 0.2) is 97.1 Å². The highest BCUT2D eigenvalue weighted by atomic mass is 16.7. The predicted molar refractivity (Wildman–Crippen MR) is 258 cm³/mol. The van der Waals surface area contributed by atoms with Crippen LogP contribution in [0.25, 0.3) is 11.1 Å². The van der Waals surface area contributed by atoms with E-state index in [-0.39, 0.29) is 30.6 Å². The maximum absolute atomic E-state index is 12.8. The molecule has 342 valence electrons. The fourth-order valence-electron chi connectivity index (χ4n) is 8.43. The molecule has 3 unspecified atom stereocenters. The smallest absolute Gasteiger partial charge is 0.224 e. The van der Waals surface area contributed by atoms with E-state index in [1.807, 2.05) is 36.4 Å². The summed E-state index contributed by atoms with van der Waals surface area (Å²) in [6, 6.07) is 32.2. The number of hydrogen-bond donors (Lipinski definition) is 4. The molecule has 0 aliphatic carbocycles. The summed E-state index contributed by atoms with van der Waals surface area (Å²) in [5, 5.41) is 15.7. The summed E-state index contributed by atoms with van der Waals surface area (Å²) in [5.41, 5.74) is 13.2. The maximum atomic E-state index is 12.8. The number of nitrogens with one attached hydrogen (secondary N) is 2. The lowest BCUT2D eigenvalue weighted by Crippen LogP contribution is -2.40. The standard InChI is InChI=1S/C54H76N4O5/c1-3-5-7-9-11-18-34-58(35-19-12-10-8-6-4-2)40-48-38-51(44-32-30-42(41-59)31-33-44)63-54(62-48)47-25-21-24-46(37-47)45-23-20-22-43(36-45)39-56-52(60)28-14-13-15-29-53(61)57-50-27-17-16-26-49(50)55/h16-17,20-27,30-33,36-37,48,51,54,59H,3-15,18-19,28-29,34-35,38-41,55H2,1-2H3,(H,56,60)(H,57,61). The van der Waals surface area contributed by atoms with Gasteiger partial charge in [0.1, 0.15) is 0 Å². The van der Waals surface area contributed by atoms with Gasteiger partial charge in [0.25, 0.3) is 0 Å². The summed E-state index contributed by atoms with van der Waals surface area (Å²) in [5.74, 6) is -0.0669. The number of aliphatic hydroxyl groups is 1. The number of nitrogens with zero attached hydrogens (tertiary/aromatic N) is 1. The Bertz CT molecular complexity index is 1900. The first kappa shape index (κ1) is 49.5. The molecule has 2 amide bonds. The summed E-state index contributed by atoms with van der Waals surface area (Å²) in [7, 11) is 0. The van der Waals surface area contributed by atoms with E-state index in [4.69, 9.17) is 15.2 Å². The van der Waals surface area contributed by atoms with Crippen molar-refractivity contribution < 1.29 is 24.2 Å². The molecule has 9 nitrogen and oxygen atoms in total. The monoisotopic (exact) mass is 861 g/mol. The van der Waals surface area contributed by atoms with Crippen LogP contribution in [0.2, 0.25) is 0 Å². The van der Waals surface area contributed by atoms with Crippen LogP contribution in [0.3, 0.4) is 0 Å². The number of amides is 2. The highest BCUT2D eigenvalue weighted by molar-refractivity contribution is 5.93. The van der Waals surface area contributed by atoms with E-state index in [9.17, 15) is 14.7 Å². The van der Waals surface area contributed by atoms with Gasteiger partial charge in [0.15, 0.2) is 6.29 Å². The van der Waals surface area contributed by atoms with Gasteiger partial charge in [-0.15, -0.1) is 0 Å². The lowest BCUT2D eigenvalue weighted by atomic mass is 9.98. The first-order valence-corrected chi connectivity index (χ1v) is 24.2. The van der Waals surface area contributed by atoms with Crippen LogP contribution in [0.1, 0.15) is 164 Å². The van der Waals surface area contributed by atoms with E-state index in [2.05, 4.69) is 77.9 Å². The van der Waals surface area contributed by atoms with Crippen molar-refractivity contribution >= 4 is 23.2 Å². The molecule has 0 aromatic heterocycles. The molecule has 1 saturated heterocycles. The van der Waals surface area contributed by atoms with Crippen LogP contribution < -0.4 is 16.4 Å². The van der Waals surface area contributed by atoms with Gasteiger partial charge in [-0.05, 0) is 90.9 Å². The molecule has 0 bridgehead atoms. The zero-order valence-electron chi connectivity index (χ0n) is 38.3. The third-order valence-electron chi connectivity index (χ3n) is 12.2. The Kier molecular flexibility index (Phi) is 22.2. The van der Waals surface area contributed by atoms with Crippen molar-refractivity contribution in [2.24, 2.45) is 0 Å². The molecule has 4 aromatic rings. The fourth-order valence-corrected chi connectivity index (χ4v) is 8.43. The molecule has 1 fully saturated rings. The van der Waals surface area contributed by atoms with E-state index in [1.165, 1.54) is 77.0 Å². The number of benzene rings is 4. The zero-order valence-corrected chi connectivity index (χ0v) is 38.3. The second-order valence-electron chi connectivity index (χ2n) is 17.5. The fraction of sp³-hybridized carbons (Fsp3) is 0.519. The molecule has 4 aromatic carbocycles. The van der Waals surface area contributed by atoms with Gasteiger partial charge in [-0.3, -0.25) is 9.59 Å². The third kappa shape index (κ3) is 17.9. The van der Waals surface area contributed by atoms with Crippen LogP contribution in [0.5, 0.6) is 0 Å². The second-order valence-corrected chi connectivity index (χ2v) is 17.5. The van der Waals surface area contributed by atoms with Gasteiger partial charge >= 0.3 is 0 Å². The molecule has 3 atom stereocenters. The van der Waals surface area contributed by atoms with Crippen molar-refractivity contribution in [1.82, 2.24) is 10.2 Å². The van der Waals surface area contributed by atoms with E-state index in [1.54, 1.807) is 12.1 Å². The minimum atomic E-state index is -0.532. The number of hydrogen-bond acceptors (Lipinski definition) is 7. The quantitative estimate of drug-likeness (QED) is 0.0316. The number of nitrogens with two attached hydrogens (primary N) is 1. The third-order valence-corrected chi connectivity index (χ3v) is 12.2. The first-order chi connectivity index (χ1) is 30.8. The number of carbonyl (C=O) groups excluding carboxylic acids is 2. The number of rotatable bonds is 29. The van der Waals surface area contributed by atoms with Crippen LogP contribution in [-0.4, -0.2) is 47.6 Å². The van der Waals surface area contributed by atoms with Crippen LogP contribution >= 0.6 is 0 Å². The topological polar surface area (TPSA) is 126 Å². The summed E-state index contributed by atoms with van der Waals surface area (Å²) >= 11 is 0. The molecule has 5 N–H and O–H groups in total. The average Bonchev–Trinajstić information content (AvgIpc) is 3.31. The molecule has 63 heavy (non-hydrogen) atoms. The Morgan fingerprint density at radius 3 is 1.95 bits per heavy atom. The van der Waals surface area contributed by atoms with Crippen molar-refractivity contribution in [1.29, 1.82) is 0 Å². The van der Waals surface area contributed by atoms with E-state index in [0.717, 1.165) is 72.3 Å². The highest BCUT2D eigenvalue weighted by Gasteiger charge is 2.33. The molecule has 1 aliphatic heterocycles. The van der Waals surface area contributed by atoms with Gasteiger partial charge in [0, 0.05) is 37.9 Å². The van der Waals surface area contributed by atoms with Gasteiger partial charge in [-0.1, -0.05) is 157 Å². The number of carbonyl (C=O) groups is 2. The molecule has 5 rings (SSSR count). The molecular weight excluding hydrogens is 785 g/mol. The number of para-hydroxylation sites is 2. The summed E-state index contributed by atoms with van der Waals surface area (Å²) < 4.78 is 13.7. The van der Waals surface area contributed by atoms with Crippen molar-refractivity contribution in [2.45, 2.75) is 161 Å². The molecule has 0 radical (unpaired) electrons. The summed E-state index contributed by atoms with van der Waals surface area (Å²) in [4.78, 5) is 27.8. The normalized spacial score (nSPS) is 16.3. The van der Waals surface area contributed by atoms with Gasteiger partial charge < -0.3 is 35.8 Å². The Balaban J connectivity index is 1.18. The predicted octanol–water partition coefficient (Wildman–Crippen LogP) is 12.2. The zero-order chi connectivity index (χ0) is 44.5. The molecular formula is C54H76N4O5.